The van der Waals surface area contributed by atoms with E-state index in [4.69, 9.17) is 18.4 Å². The molecule has 151 valence electrons. The van der Waals surface area contributed by atoms with Gasteiger partial charge in [0.05, 0.1) is 26.9 Å². The van der Waals surface area contributed by atoms with Crippen LogP contribution in [0.5, 0.6) is 23.3 Å². The summed E-state index contributed by atoms with van der Waals surface area (Å²) in [7, 11) is -1.76. The normalized spacial score (nSPS) is 10.2. The quantitative estimate of drug-likeness (QED) is 0.537. The molecule has 0 fully saturated rings. The van der Waals surface area contributed by atoms with Gasteiger partial charge in [0.15, 0.2) is 11.5 Å². The van der Waals surface area contributed by atoms with Crippen LogP contribution in [0.1, 0.15) is 6.92 Å². The van der Waals surface area contributed by atoms with Crippen molar-refractivity contribution < 1.29 is 31.6 Å². The Morgan fingerprint density at radius 2 is 1.64 bits per heavy atom. The average Bonchev–Trinajstić information content (AvgIpc) is 2.62. The second-order valence-electron chi connectivity index (χ2n) is 4.75. The van der Waals surface area contributed by atoms with Crippen molar-refractivity contribution >= 4 is 40.2 Å². The first-order valence-electron chi connectivity index (χ1n) is 7.59. The summed E-state index contributed by atoms with van der Waals surface area (Å²) in [6.45, 7) is 2.04. The average molecular weight is 473 g/mol. The van der Waals surface area contributed by atoms with Crippen LogP contribution in [0.3, 0.4) is 0 Å². The molecule has 3 radical (unpaired) electrons. The summed E-state index contributed by atoms with van der Waals surface area (Å²) in [5, 5.41) is 2.15. The molecule has 2 rings (SSSR count). The summed E-state index contributed by atoms with van der Waals surface area (Å²) >= 11 is 0. The van der Waals surface area contributed by atoms with Crippen LogP contribution in [0, 0.1) is 0 Å². The first-order valence-corrected chi connectivity index (χ1v) is 8.99. The van der Waals surface area contributed by atoms with Crippen LogP contribution in [-0.4, -0.2) is 63.2 Å². The van der Waals surface area contributed by atoms with E-state index in [1.54, 1.807) is 23.8 Å². The van der Waals surface area contributed by atoms with E-state index in [0.29, 0.717) is 6.61 Å². The summed E-state index contributed by atoms with van der Waals surface area (Å²) in [5.74, 6) is 0.142. The standard InChI is InChI=1S/C15H18N4O7S.As/c1-4-25-10-7-5-6-8-11(10)26-27(21,22)19-15(20)18-14-16-12(23-2)9-13(17-14)24-3;/h5-9H,4H2,1-3H3,(H2,16,17,18,19,20);. The summed E-state index contributed by atoms with van der Waals surface area (Å²) in [5.41, 5.74) is 0. The molecule has 2 aromatic rings. The van der Waals surface area contributed by atoms with E-state index >= 15 is 0 Å². The second-order valence-corrected chi connectivity index (χ2v) is 6.03. The third-order valence-electron chi connectivity index (χ3n) is 2.89. The van der Waals surface area contributed by atoms with Gasteiger partial charge in [0.25, 0.3) is 0 Å². The van der Waals surface area contributed by atoms with Gasteiger partial charge < -0.3 is 18.4 Å². The first-order chi connectivity index (χ1) is 12.9. The molecule has 28 heavy (non-hydrogen) atoms. The van der Waals surface area contributed by atoms with Gasteiger partial charge in [-0.1, -0.05) is 12.1 Å². The Morgan fingerprint density at radius 3 is 2.18 bits per heavy atom. The van der Waals surface area contributed by atoms with Crippen molar-refractivity contribution in [1.29, 1.82) is 0 Å². The van der Waals surface area contributed by atoms with E-state index in [2.05, 4.69) is 15.3 Å². The van der Waals surface area contributed by atoms with Crippen molar-refractivity contribution in [2.24, 2.45) is 0 Å². The molecule has 0 aliphatic rings. The number of carbonyl (C=O) groups is 1. The number of anilines is 1. The maximum absolute atomic E-state index is 12.1. The minimum absolute atomic E-state index is 0. The van der Waals surface area contributed by atoms with E-state index in [-0.39, 0.29) is 47.2 Å². The molecule has 1 heterocycles. The molecule has 0 spiro atoms. The molecule has 0 aliphatic carbocycles. The number of hydrogen-bond acceptors (Lipinski definition) is 9. The van der Waals surface area contributed by atoms with Gasteiger partial charge in [-0.15, -0.1) is 0 Å². The first kappa shape index (κ1) is 23.3. The van der Waals surface area contributed by atoms with Crippen LogP contribution in [0.25, 0.3) is 0 Å². The molecule has 11 nitrogen and oxygen atoms in total. The predicted octanol–water partition coefficient (Wildman–Crippen LogP) is 0.957. The summed E-state index contributed by atoms with van der Waals surface area (Å²) in [6, 6.07) is 6.37. The molecule has 1 aromatic heterocycles. The van der Waals surface area contributed by atoms with E-state index in [0.717, 1.165) is 0 Å². The van der Waals surface area contributed by atoms with Gasteiger partial charge in [0.1, 0.15) is 0 Å². The third-order valence-corrected chi connectivity index (χ3v) is 3.72. The molecule has 0 saturated heterocycles. The second kappa shape index (κ2) is 10.6. The van der Waals surface area contributed by atoms with Gasteiger partial charge in [-0.3, -0.25) is 5.32 Å². The van der Waals surface area contributed by atoms with Crippen LogP contribution < -0.4 is 28.4 Å². The number of benzene rings is 1. The van der Waals surface area contributed by atoms with Gasteiger partial charge in [0, 0.05) is 18.0 Å². The van der Waals surface area contributed by atoms with Crippen molar-refractivity contribution in [1.82, 2.24) is 14.7 Å². The van der Waals surface area contributed by atoms with Gasteiger partial charge in [-0.2, -0.15) is 18.4 Å². The number of hydrogen-bond donors (Lipinski definition) is 2. The molecule has 13 heteroatoms. The Balaban J connectivity index is 0.00000392. The van der Waals surface area contributed by atoms with Crippen molar-refractivity contribution in [3.8, 4) is 23.3 Å². The Labute approximate surface area is 173 Å². The molecule has 0 atom stereocenters. The van der Waals surface area contributed by atoms with Crippen molar-refractivity contribution in [3.63, 3.8) is 0 Å². The summed E-state index contributed by atoms with van der Waals surface area (Å²) in [4.78, 5) is 19.7. The van der Waals surface area contributed by atoms with Crippen LogP contribution in [0.15, 0.2) is 30.3 Å². The Bertz CT molecular complexity index is 889. The molecule has 0 bridgehead atoms. The van der Waals surface area contributed by atoms with Gasteiger partial charge in [-0.05, 0) is 19.1 Å². The molecule has 1 aromatic carbocycles. The zero-order chi connectivity index (χ0) is 19.9. The SMILES string of the molecule is CCOc1ccccc1OS(=O)(=O)NC(=O)Nc1nc(OC)cc(OC)n1.[As]. The maximum atomic E-state index is 12.1. The number of rotatable bonds is 8. The zero-order valence-corrected chi connectivity index (χ0v) is 17.9. The van der Waals surface area contributed by atoms with Gasteiger partial charge >= 0.3 is 16.3 Å². The summed E-state index contributed by atoms with van der Waals surface area (Å²) < 4.78 is 45.8. The number of nitrogens with one attached hydrogen (secondary N) is 2. The van der Waals surface area contributed by atoms with Crippen LogP contribution >= 0.6 is 0 Å². The smallest absolute Gasteiger partial charge is 0.411 e. The fraction of sp³-hybridized carbons (Fsp3) is 0.267. The van der Waals surface area contributed by atoms with Crippen LogP contribution in [0.4, 0.5) is 10.7 Å². The predicted molar refractivity (Wildman–Crippen MR) is 100 cm³/mol. The zero-order valence-electron chi connectivity index (χ0n) is 15.2. The van der Waals surface area contributed by atoms with E-state index in [1.807, 2.05) is 0 Å². The number of ether oxygens (including phenoxy) is 3. The molecule has 2 amide bonds. The number of amides is 2. The maximum Gasteiger partial charge on any atom is 0.411 e. The van der Waals surface area contributed by atoms with Crippen molar-refractivity contribution in [3.05, 3.63) is 30.3 Å². The van der Waals surface area contributed by atoms with E-state index in [9.17, 15) is 13.2 Å². The summed E-state index contributed by atoms with van der Waals surface area (Å²) in [6.07, 6.45) is 0. The number of methoxy groups -OCH3 is 2. The monoisotopic (exact) mass is 473 g/mol. The fourth-order valence-corrected chi connectivity index (χ4v) is 2.54. The van der Waals surface area contributed by atoms with Gasteiger partial charge in [0.2, 0.25) is 17.7 Å². The third kappa shape index (κ3) is 6.78. The van der Waals surface area contributed by atoms with E-state index in [1.165, 1.54) is 32.4 Å². The number of urea groups is 1. The molecule has 0 saturated carbocycles. The Hall–Kier alpha value is -2.72. The molecular weight excluding hydrogens is 455 g/mol. The molecular formula is C15H18AsN4O7S. The number of nitrogens with zero attached hydrogens (tertiary/aromatic N) is 2. The molecule has 2 N–H and O–H groups in total. The molecule has 0 aliphatic heterocycles. The minimum atomic E-state index is -4.49. The minimum Gasteiger partial charge on any atom is -0.490 e. The van der Waals surface area contributed by atoms with Crippen molar-refractivity contribution in [2.45, 2.75) is 6.92 Å². The van der Waals surface area contributed by atoms with Gasteiger partial charge in [-0.25, -0.2) is 9.52 Å². The Morgan fingerprint density at radius 1 is 1.07 bits per heavy atom. The Kier molecular flexibility index (Phi) is 8.80. The number of aromatic nitrogens is 2. The van der Waals surface area contributed by atoms with Crippen LogP contribution in [-0.2, 0) is 10.3 Å². The van der Waals surface area contributed by atoms with Crippen LogP contribution in [0.2, 0.25) is 0 Å². The number of carbonyl (C=O) groups excluding carboxylic acids is 1. The topological polar surface area (TPSA) is 138 Å². The van der Waals surface area contributed by atoms with Crippen molar-refractivity contribution in [2.75, 3.05) is 26.1 Å². The number of para-hydroxylation sites is 2. The fourth-order valence-electron chi connectivity index (χ4n) is 1.84. The largest absolute Gasteiger partial charge is 0.490 e. The van der Waals surface area contributed by atoms with E-state index < -0.39 is 16.3 Å². The molecule has 0 unspecified atom stereocenters.